The number of phenolic OH excluding ortho intramolecular Hbond substituents is 1. The molecule has 0 unspecified atom stereocenters. The van der Waals surface area contributed by atoms with Gasteiger partial charge in [-0.2, -0.15) is 0 Å². The van der Waals surface area contributed by atoms with Gasteiger partial charge in [-0.15, -0.1) is 0 Å². The molecule has 0 amide bonds. The SMILES string of the molecule is Oc1ccccc1-c1ccc(-c2ccccc2)c(P(C2CCCCC2)C2CCCCC2)c1. The minimum Gasteiger partial charge on any atom is -0.507 e. The molecule has 0 aromatic heterocycles. The molecule has 0 spiro atoms. The zero-order valence-electron chi connectivity index (χ0n) is 19.0. The van der Waals surface area contributed by atoms with Gasteiger partial charge in [-0.05, 0) is 71.1 Å². The van der Waals surface area contributed by atoms with E-state index in [-0.39, 0.29) is 7.92 Å². The normalized spacial score (nSPS) is 18.2. The monoisotopic (exact) mass is 442 g/mol. The summed E-state index contributed by atoms with van der Waals surface area (Å²) in [6.45, 7) is 0. The van der Waals surface area contributed by atoms with Crippen LogP contribution in [0.2, 0.25) is 0 Å². The average Bonchev–Trinajstić information content (AvgIpc) is 2.86. The molecular weight excluding hydrogens is 407 g/mol. The molecule has 3 aromatic rings. The van der Waals surface area contributed by atoms with Crippen molar-refractivity contribution in [2.45, 2.75) is 75.5 Å². The van der Waals surface area contributed by atoms with E-state index in [1.54, 1.807) is 5.30 Å². The van der Waals surface area contributed by atoms with Gasteiger partial charge in [0.15, 0.2) is 0 Å². The quantitative estimate of drug-likeness (QED) is 0.393. The summed E-state index contributed by atoms with van der Waals surface area (Å²) in [4.78, 5) is 0. The molecule has 2 heteroatoms. The average molecular weight is 443 g/mol. The largest absolute Gasteiger partial charge is 0.507 e. The smallest absolute Gasteiger partial charge is 0.123 e. The lowest BCUT2D eigenvalue weighted by Crippen LogP contribution is -2.27. The Hall–Kier alpha value is -2.11. The number of aromatic hydroxyl groups is 1. The van der Waals surface area contributed by atoms with E-state index < -0.39 is 0 Å². The summed E-state index contributed by atoms with van der Waals surface area (Å²) in [7, 11) is -0.234. The highest BCUT2D eigenvalue weighted by molar-refractivity contribution is 7.67. The molecule has 0 saturated heterocycles. The Morgan fingerprint density at radius 3 is 1.78 bits per heavy atom. The van der Waals surface area contributed by atoms with Gasteiger partial charge in [0.25, 0.3) is 0 Å². The fourth-order valence-corrected chi connectivity index (χ4v) is 9.90. The minimum absolute atomic E-state index is 0.234. The van der Waals surface area contributed by atoms with Gasteiger partial charge in [-0.25, -0.2) is 0 Å². The summed E-state index contributed by atoms with van der Waals surface area (Å²) in [5, 5.41) is 12.2. The van der Waals surface area contributed by atoms with E-state index in [0.29, 0.717) is 5.75 Å². The van der Waals surface area contributed by atoms with Crippen LogP contribution in [0.5, 0.6) is 5.75 Å². The van der Waals surface area contributed by atoms with E-state index in [4.69, 9.17) is 0 Å². The molecule has 2 saturated carbocycles. The molecule has 0 heterocycles. The number of rotatable bonds is 5. The van der Waals surface area contributed by atoms with E-state index >= 15 is 0 Å². The Bertz CT molecular complexity index is 998. The number of para-hydroxylation sites is 1. The molecule has 2 fully saturated rings. The Balaban J connectivity index is 1.66. The van der Waals surface area contributed by atoms with Crippen molar-refractivity contribution < 1.29 is 5.11 Å². The van der Waals surface area contributed by atoms with Crippen LogP contribution in [0.25, 0.3) is 22.3 Å². The predicted octanol–water partition coefficient (Wildman–Crippen LogP) is 8.50. The molecule has 0 bridgehead atoms. The van der Waals surface area contributed by atoms with Crippen molar-refractivity contribution in [1.29, 1.82) is 0 Å². The van der Waals surface area contributed by atoms with Crippen LogP contribution in [-0.4, -0.2) is 16.4 Å². The third-order valence-electron chi connectivity index (χ3n) is 7.51. The second-order valence-electron chi connectivity index (χ2n) is 9.61. The van der Waals surface area contributed by atoms with Crippen LogP contribution in [0.3, 0.4) is 0 Å². The van der Waals surface area contributed by atoms with Crippen LogP contribution in [0.4, 0.5) is 0 Å². The first-order valence-electron chi connectivity index (χ1n) is 12.6. The number of phenols is 1. The lowest BCUT2D eigenvalue weighted by atomic mass is 9.99. The molecule has 166 valence electrons. The first-order valence-corrected chi connectivity index (χ1v) is 14.1. The van der Waals surface area contributed by atoms with E-state index in [1.165, 1.54) is 75.3 Å². The van der Waals surface area contributed by atoms with Crippen molar-refractivity contribution in [1.82, 2.24) is 0 Å². The van der Waals surface area contributed by atoms with E-state index in [0.717, 1.165) is 22.4 Å². The Morgan fingerprint density at radius 2 is 1.16 bits per heavy atom. The fraction of sp³-hybridized carbons (Fsp3) is 0.400. The molecule has 0 radical (unpaired) electrons. The van der Waals surface area contributed by atoms with Crippen LogP contribution in [-0.2, 0) is 0 Å². The summed E-state index contributed by atoms with van der Waals surface area (Å²) in [6, 6.07) is 25.8. The van der Waals surface area contributed by atoms with Crippen molar-refractivity contribution in [2.75, 3.05) is 0 Å². The van der Waals surface area contributed by atoms with Crippen LogP contribution in [0.1, 0.15) is 64.2 Å². The van der Waals surface area contributed by atoms with Crippen LogP contribution in [0.15, 0.2) is 72.8 Å². The van der Waals surface area contributed by atoms with Gasteiger partial charge in [0.2, 0.25) is 0 Å². The van der Waals surface area contributed by atoms with Crippen molar-refractivity contribution in [2.24, 2.45) is 0 Å². The number of hydrogen-bond donors (Lipinski definition) is 1. The summed E-state index contributed by atoms with van der Waals surface area (Å²) < 4.78 is 0. The number of hydrogen-bond acceptors (Lipinski definition) is 1. The highest BCUT2D eigenvalue weighted by atomic mass is 31.1. The molecule has 1 N–H and O–H groups in total. The molecule has 3 aromatic carbocycles. The summed E-state index contributed by atoms with van der Waals surface area (Å²) in [6.07, 6.45) is 14.0. The van der Waals surface area contributed by atoms with Crippen LogP contribution < -0.4 is 5.30 Å². The van der Waals surface area contributed by atoms with Gasteiger partial charge >= 0.3 is 0 Å². The van der Waals surface area contributed by atoms with Gasteiger partial charge in [-0.1, -0.05) is 107 Å². The Labute approximate surface area is 194 Å². The summed E-state index contributed by atoms with van der Waals surface area (Å²) in [5.41, 5.74) is 6.58. The molecule has 2 aliphatic carbocycles. The topological polar surface area (TPSA) is 20.2 Å². The van der Waals surface area contributed by atoms with Crippen LogP contribution in [0, 0.1) is 0 Å². The zero-order chi connectivity index (χ0) is 21.8. The predicted molar refractivity (Wildman–Crippen MR) is 139 cm³/mol. The second-order valence-corrected chi connectivity index (χ2v) is 12.4. The molecule has 0 aliphatic heterocycles. The lowest BCUT2D eigenvalue weighted by Gasteiger charge is -2.40. The van der Waals surface area contributed by atoms with Crippen LogP contribution >= 0.6 is 7.92 Å². The second kappa shape index (κ2) is 10.2. The first-order chi connectivity index (χ1) is 15.8. The third-order valence-corrected chi connectivity index (χ3v) is 11.0. The van der Waals surface area contributed by atoms with E-state index in [2.05, 4.69) is 54.6 Å². The molecular formula is C30H35OP. The summed E-state index contributed by atoms with van der Waals surface area (Å²) in [5.74, 6) is 0.380. The highest BCUT2D eigenvalue weighted by Crippen LogP contribution is 2.56. The van der Waals surface area contributed by atoms with Crippen molar-refractivity contribution in [3.63, 3.8) is 0 Å². The molecule has 1 nitrogen and oxygen atoms in total. The molecule has 0 atom stereocenters. The van der Waals surface area contributed by atoms with E-state index in [1.807, 2.05) is 18.2 Å². The van der Waals surface area contributed by atoms with Crippen molar-refractivity contribution >= 4 is 13.2 Å². The lowest BCUT2D eigenvalue weighted by molar-refractivity contribution is 0.477. The van der Waals surface area contributed by atoms with E-state index in [9.17, 15) is 5.11 Å². The zero-order valence-corrected chi connectivity index (χ0v) is 19.9. The Morgan fingerprint density at radius 1 is 0.562 bits per heavy atom. The van der Waals surface area contributed by atoms with Gasteiger partial charge < -0.3 is 5.11 Å². The molecule has 2 aliphatic rings. The fourth-order valence-electron chi connectivity index (χ4n) is 5.90. The molecule has 32 heavy (non-hydrogen) atoms. The summed E-state index contributed by atoms with van der Waals surface area (Å²) >= 11 is 0. The maximum Gasteiger partial charge on any atom is 0.123 e. The van der Waals surface area contributed by atoms with Gasteiger partial charge in [0, 0.05) is 5.56 Å². The van der Waals surface area contributed by atoms with Gasteiger partial charge in [0.05, 0.1) is 0 Å². The highest BCUT2D eigenvalue weighted by Gasteiger charge is 2.34. The number of benzene rings is 3. The van der Waals surface area contributed by atoms with Gasteiger partial charge in [-0.3, -0.25) is 0 Å². The van der Waals surface area contributed by atoms with Crippen molar-refractivity contribution in [3.05, 3.63) is 72.8 Å². The minimum atomic E-state index is -0.234. The Kier molecular flexibility index (Phi) is 6.94. The molecule has 5 rings (SSSR count). The third kappa shape index (κ3) is 4.65. The maximum atomic E-state index is 10.6. The van der Waals surface area contributed by atoms with Crippen molar-refractivity contribution in [3.8, 4) is 28.0 Å². The van der Waals surface area contributed by atoms with Gasteiger partial charge in [0.1, 0.15) is 5.75 Å². The standard InChI is InChI=1S/C30H35OP/c31-29-19-11-10-18-27(29)24-20-21-28(23-12-4-1-5-13-23)30(22-24)32(25-14-6-2-7-15-25)26-16-8-3-9-17-26/h1,4-5,10-13,18-22,25-26,31H,2-3,6-9,14-17H2. The first kappa shape index (κ1) is 21.7. The maximum absolute atomic E-state index is 10.6.